The number of amides is 2. The maximum absolute atomic E-state index is 12.3. The summed E-state index contributed by atoms with van der Waals surface area (Å²) in [5.74, 6) is -0.237. The molecule has 0 aliphatic carbocycles. The van der Waals surface area contributed by atoms with Crippen LogP contribution in [0.25, 0.3) is 0 Å². The standard InChI is InChI=1S/C16H23N3O3.ClH/c1-3-19(4-2)16(22)11-6-5-7-12(8-11)18-15(21)14-9-13(20)10-17-14;/h5-8,13-14,17,20H,3-4,9-10H2,1-2H3,(H,18,21);1H. The molecule has 1 aliphatic rings. The molecule has 128 valence electrons. The van der Waals surface area contributed by atoms with Gasteiger partial charge in [0.05, 0.1) is 12.1 Å². The van der Waals surface area contributed by atoms with E-state index in [1.165, 1.54) is 0 Å². The number of aliphatic hydroxyl groups is 1. The summed E-state index contributed by atoms with van der Waals surface area (Å²) >= 11 is 0. The molecule has 0 spiro atoms. The van der Waals surface area contributed by atoms with Gasteiger partial charge in [-0.25, -0.2) is 0 Å². The van der Waals surface area contributed by atoms with Crippen molar-refractivity contribution in [3.63, 3.8) is 0 Å². The third kappa shape index (κ3) is 4.92. The highest BCUT2D eigenvalue weighted by Crippen LogP contribution is 2.15. The molecule has 2 unspecified atom stereocenters. The third-order valence-corrected chi connectivity index (χ3v) is 3.85. The van der Waals surface area contributed by atoms with E-state index >= 15 is 0 Å². The average Bonchev–Trinajstić information content (AvgIpc) is 2.95. The van der Waals surface area contributed by atoms with Gasteiger partial charge in [0, 0.05) is 30.9 Å². The maximum Gasteiger partial charge on any atom is 0.253 e. The molecule has 7 heteroatoms. The Morgan fingerprint density at radius 2 is 2.04 bits per heavy atom. The molecule has 0 bridgehead atoms. The number of hydrogen-bond acceptors (Lipinski definition) is 4. The summed E-state index contributed by atoms with van der Waals surface area (Å²) < 4.78 is 0. The van der Waals surface area contributed by atoms with Crippen LogP contribution in [0.5, 0.6) is 0 Å². The highest BCUT2D eigenvalue weighted by atomic mass is 35.5. The van der Waals surface area contributed by atoms with Crippen molar-refractivity contribution in [2.75, 3.05) is 25.0 Å². The summed E-state index contributed by atoms with van der Waals surface area (Å²) in [5.41, 5.74) is 1.15. The van der Waals surface area contributed by atoms with Crippen LogP contribution in [0.4, 0.5) is 5.69 Å². The molecular formula is C16H24ClN3O3. The van der Waals surface area contributed by atoms with Crippen molar-refractivity contribution in [1.29, 1.82) is 0 Å². The minimum atomic E-state index is -0.480. The minimum absolute atomic E-state index is 0. The summed E-state index contributed by atoms with van der Waals surface area (Å²) in [6.45, 7) is 5.60. The second kappa shape index (κ2) is 8.86. The SMILES string of the molecule is CCN(CC)C(=O)c1cccc(NC(=O)C2CC(O)CN2)c1.Cl. The lowest BCUT2D eigenvalue weighted by Gasteiger charge is -2.19. The zero-order chi connectivity index (χ0) is 16.1. The monoisotopic (exact) mass is 341 g/mol. The van der Waals surface area contributed by atoms with Crippen LogP contribution in [0, 0.1) is 0 Å². The lowest BCUT2D eigenvalue weighted by atomic mass is 10.1. The number of carbonyl (C=O) groups excluding carboxylic acids is 2. The van der Waals surface area contributed by atoms with Crippen LogP contribution < -0.4 is 10.6 Å². The first kappa shape index (κ1) is 19.4. The van der Waals surface area contributed by atoms with Crippen molar-refractivity contribution in [3.05, 3.63) is 29.8 Å². The number of rotatable bonds is 5. The summed E-state index contributed by atoms with van der Waals surface area (Å²) in [6.07, 6.45) is -0.0736. The van der Waals surface area contributed by atoms with Gasteiger partial charge in [-0.05, 0) is 38.5 Å². The Labute approximate surface area is 142 Å². The van der Waals surface area contributed by atoms with E-state index in [1.54, 1.807) is 29.2 Å². The van der Waals surface area contributed by atoms with E-state index in [-0.39, 0.29) is 24.2 Å². The van der Waals surface area contributed by atoms with Gasteiger partial charge in [0.25, 0.3) is 5.91 Å². The third-order valence-electron chi connectivity index (χ3n) is 3.85. The smallest absolute Gasteiger partial charge is 0.253 e. The van der Waals surface area contributed by atoms with Crippen LogP contribution in [0.3, 0.4) is 0 Å². The van der Waals surface area contributed by atoms with Gasteiger partial charge in [-0.3, -0.25) is 9.59 Å². The van der Waals surface area contributed by atoms with Gasteiger partial charge in [-0.1, -0.05) is 6.07 Å². The van der Waals surface area contributed by atoms with Crippen LogP contribution in [0.2, 0.25) is 0 Å². The fourth-order valence-electron chi connectivity index (χ4n) is 2.57. The Hall–Kier alpha value is -1.63. The Morgan fingerprint density at radius 3 is 2.61 bits per heavy atom. The van der Waals surface area contributed by atoms with Gasteiger partial charge in [-0.2, -0.15) is 0 Å². The number of carbonyl (C=O) groups is 2. The van der Waals surface area contributed by atoms with Crippen LogP contribution in [-0.4, -0.2) is 53.6 Å². The number of β-amino-alcohol motifs (C(OH)–C–C–N with tert-alkyl or cyclic N) is 1. The van der Waals surface area contributed by atoms with Crippen molar-refractivity contribution >= 4 is 29.9 Å². The first-order chi connectivity index (χ1) is 10.5. The van der Waals surface area contributed by atoms with Crippen molar-refractivity contribution in [3.8, 4) is 0 Å². The molecule has 23 heavy (non-hydrogen) atoms. The molecule has 2 amide bonds. The number of aliphatic hydroxyl groups excluding tert-OH is 1. The van der Waals surface area contributed by atoms with Gasteiger partial charge in [0.1, 0.15) is 0 Å². The van der Waals surface area contributed by atoms with Gasteiger partial charge in [0.2, 0.25) is 5.91 Å². The van der Waals surface area contributed by atoms with E-state index in [9.17, 15) is 14.7 Å². The molecule has 0 radical (unpaired) electrons. The molecule has 2 rings (SSSR count). The first-order valence-corrected chi connectivity index (χ1v) is 7.66. The molecule has 6 nitrogen and oxygen atoms in total. The minimum Gasteiger partial charge on any atom is -0.392 e. The van der Waals surface area contributed by atoms with Crippen LogP contribution in [-0.2, 0) is 4.79 Å². The number of nitrogens with zero attached hydrogens (tertiary/aromatic N) is 1. The topological polar surface area (TPSA) is 81.7 Å². The Balaban J connectivity index is 0.00000264. The highest BCUT2D eigenvalue weighted by molar-refractivity contribution is 5.98. The Morgan fingerprint density at radius 1 is 1.35 bits per heavy atom. The molecular weight excluding hydrogens is 318 g/mol. The zero-order valence-electron chi connectivity index (χ0n) is 13.4. The maximum atomic E-state index is 12.3. The average molecular weight is 342 g/mol. The second-order valence-corrected chi connectivity index (χ2v) is 5.40. The van der Waals surface area contributed by atoms with Crippen molar-refractivity contribution < 1.29 is 14.7 Å². The molecule has 0 saturated carbocycles. The number of anilines is 1. The van der Waals surface area contributed by atoms with Crippen LogP contribution >= 0.6 is 12.4 Å². The summed E-state index contributed by atoms with van der Waals surface area (Å²) in [7, 11) is 0. The predicted octanol–water partition coefficient (Wildman–Crippen LogP) is 1.25. The molecule has 1 aromatic carbocycles. The molecule has 1 aromatic rings. The van der Waals surface area contributed by atoms with E-state index < -0.39 is 12.1 Å². The predicted molar refractivity (Wildman–Crippen MR) is 92.0 cm³/mol. The fraction of sp³-hybridized carbons (Fsp3) is 0.500. The second-order valence-electron chi connectivity index (χ2n) is 5.40. The molecule has 1 saturated heterocycles. The van der Waals surface area contributed by atoms with E-state index in [1.807, 2.05) is 13.8 Å². The molecule has 3 N–H and O–H groups in total. The first-order valence-electron chi connectivity index (χ1n) is 7.66. The molecule has 1 heterocycles. The Bertz CT molecular complexity index is 549. The van der Waals surface area contributed by atoms with E-state index in [2.05, 4.69) is 10.6 Å². The zero-order valence-corrected chi connectivity index (χ0v) is 14.2. The van der Waals surface area contributed by atoms with Crippen LogP contribution in [0.15, 0.2) is 24.3 Å². The number of benzene rings is 1. The number of nitrogens with one attached hydrogen (secondary N) is 2. The quantitative estimate of drug-likeness (QED) is 0.753. The van der Waals surface area contributed by atoms with Crippen molar-refractivity contribution in [2.24, 2.45) is 0 Å². The largest absolute Gasteiger partial charge is 0.392 e. The van der Waals surface area contributed by atoms with Gasteiger partial charge >= 0.3 is 0 Å². The fourth-order valence-corrected chi connectivity index (χ4v) is 2.57. The van der Waals surface area contributed by atoms with E-state index in [0.717, 1.165) is 0 Å². The normalized spacial score (nSPS) is 19.8. The number of halogens is 1. The van der Waals surface area contributed by atoms with Gasteiger partial charge < -0.3 is 20.6 Å². The van der Waals surface area contributed by atoms with Gasteiger partial charge in [0.15, 0.2) is 0 Å². The van der Waals surface area contributed by atoms with E-state index in [4.69, 9.17) is 0 Å². The van der Waals surface area contributed by atoms with Gasteiger partial charge in [-0.15, -0.1) is 12.4 Å². The molecule has 1 fully saturated rings. The Kier molecular flexibility index (Phi) is 7.48. The summed E-state index contributed by atoms with van der Waals surface area (Å²) in [6, 6.07) is 6.54. The lowest BCUT2D eigenvalue weighted by Crippen LogP contribution is -2.35. The lowest BCUT2D eigenvalue weighted by molar-refractivity contribution is -0.117. The molecule has 0 aromatic heterocycles. The van der Waals surface area contributed by atoms with Crippen LogP contribution in [0.1, 0.15) is 30.6 Å². The van der Waals surface area contributed by atoms with Crippen molar-refractivity contribution in [1.82, 2.24) is 10.2 Å². The van der Waals surface area contributed by atoms with Crippen molar-refractivity contribution in [2.45, 2.75) is 32.4 Å². The number of hydrogen-bond donors (Lipinski definition) is 3. The van der Waals surface area contributed by atoms with E-state index in [0.29, 0.717) is 37.3 Å². The highest BCUT2D eigenvalue weighted by Gasteiger charge is 2.28. The summed E-state index contributed by atoms with van der Waals surface area (Å²) in [4.78, 5) is 26.2. The molecule has 1 aliphatic heterocycles. The molecule has 2 atom stereocenters. The summed E-state index contributed by atoms with van der Waals surface area (Å²) in [5, 5.41) is 15.2.